The van der Waals surface area contributed by atoms with Gasteiger partial charge in [-0.3, -0.25) is 14.2 Å². The van der Waals surface area contributed by atoms with Crippen LogP contribution in [0.5, 0.6) is 0 Å². The molecule has 1 N–H and O–H groups in total. The highest BCUT2D eigenvalue weighted by Crippen LogP contribution is 2.42. The Bertz CT molecular complexity index is 1090. The van der Waals surface area contributed by atoms with Gasteiger partial charge in [0.05, 0.1) is 35.8 Å². The van der Waals surface area contributed by atoms with Crippen LogP contribution in [0.2, 0.25) is 0 Å². The summed E-state index contributed by atoms with van der Waals surface area (Å²) in [5, 5.41) is 18.7. The van der Waals surface area contributed by atoms with Crippen LogP contribution in [-0.4, -0.2) is 20.6 Å². The minimum absolute atomic E-state index is 0.208. The number of aromatic nitrogens is 2. The van der Waals surface area contributed by atoms with Crippen LogP contribution in [0.25, 0.3) is 10.2 Å². The van der Waals surface area contributed by atoms with Gasteiger partial charge in [0.1, 0.15) is 4.83 Å². The third-order valence-electron chi connectivity index (χ3n) is 4.54. The first-order valence-electron chi connectivity index (χ1n) is 7.81. The fraction of sp³-hybridized carbons (Fsp3) is 0.222. The van der Waals surface area contributed by atoms with Crippen molar-refractivity contribution in [2.45, 2.75) is 25.3 Å². The van der Waals surface area contributed by atoms with Crippen LogP contribution >= 0.6 is 11.3 Å². The van der Waals surface area contributed by atoms with Crippen molar-refractivity contribution in [3.8, 4) is 6.07 Å². The van der Waals surface area contributed by atoms with E-state index in [1.807, 2.05) is 0 Å². The van der Waals surface area contributed by atoms with Gasteiger partial charge >= 0.3 is 5.97 Å². The zero-order valence-corrected chi connectivity index (χ0v) is 13.9. The fourth-order valence-corrected chi connectivity index (χ4v) is 4.51. The van der Waals surface area contributed by atoms with Crippen molar-refractivity contribution in [3.63, 3.8) is 0 Å². The maximum absolute atomic E-state index is 12.9. The van der Waals surface area contributed by atoms with E-state index in [2.05, 4.69) is 11.1 Å². The van der Waals surface area contributed by atoms with Crippen LogP contribution in [0.4, 0.5) is 0 Å². The van der Waals surface area contributed by atoms with Crippen LogP contribution in [0, 0.1) is 11.3 Å². The van der Waals surface area contributed by atoms with Crippen LogP contribution in [0.3, 0.4) is 0 Å². The molecule has 1 aliphatic rings. The summed E-state index contributed by atoms with van der Waals surface area (Å²) in [5.74, 6) is -1.51. The third kappa shape index (κ3) is 2.51. The average molecular weight is 351 g/mol. The summed E-state index contributed by atoms with van der Waals surface area (Å²) in [6.07, 6.45) is 2.73. The standard InChI is InChI=1S/C18H13N3O3S/c19-7-10-1-3-11(4-2-10)8-21-9-20-16-15(17(21)22)14-12(18(23)24)5-6-13(14)25-16/h1-4,9,12H,5-6,8H2,(H,23,24). The molecule has 0 amide bonds. The number of nitrogens with zero attached hydrogens (tertiary/aromatic N) is 3. The molecular formula is C18H13N3O3S. The summed E-state index contributed by atoms with van der Waals surface area (Å²) < 4.78 is 1.49. The number of thiophene rings is 1. The van der Waals surface area contributed by atoms with Gasteiger partial charge in [0.2, 0.25) is 0 Å². The molecule has 25 heavy (non-hydrogen) atoms. The second-order valence-electron chi connectivity index (χ2n) is 6.03. The summed E-state index contributed by atoms with van der Waals surface area (Å²) in [4.78, 5) is 30.4. The van der Waals surface area contributed by atoms with E-state index >= 15 is 0 Å². The van der Waals surface area contributed by atoms with Gasteiger partial charge < -0.3 is 5.11 Å². The molecule has 7 heteroatoms. The van der Waals surface area contributed by atoms with Crippen molar-refractivity contribution in [1.29, 1.82) is 5.26 Å². The number of aryl methyl sites for hydroxylation is 1. The van der Waals surface area contributed by atoms with Crippen molar-refractivity contribution in [3.05, 3.63) is 62.5 Å². The van der Waals surface area contributed by atoms with Gasteiger partial charge in [0.15, 0.2) is 0 Å². The Kier molecular flexibility index (Phi) is 3.62. The highest BCUT2D eigenvalue weighted by molar-refractivity contribution is 7.18. The van der Waals surface area contributed by atoms with E-state index in [0.29, 0.717) is 40.7 Å². The molecule has 1 atom stereocenters. The minimum Gasteiger partial charge on any atom is -0.481 e. The zero-order chi connectivity index (χ0) is 17.6. The van der Waals surface area contributed by atoms with E-state index < -0.39 is 11.9 Å². The lowest BCUT2D eigenvalue weighted by Gasteiger charge is -2.08. The first kappa shape index (κ1) is 15.5. The Labute approximate surface area is 146 Å². The summed E-state index contributed by atoms with van der Waals surface area (Å²) in [5.41, 5.74) is 1.88. The van der Waals surface area contributed by atoms with Gasteiger partial charge in [0, 0.05) is 4.88 Å². The normalized spacial score (nSPS) is 15.9. The molecule has 4 rings (SSSR count). The second kappa shape index (κ2) is 5.83. The first-order valence-corrected chi connectivity index (χ1v) is 8.62. The molecule has 1 aromatic carbocycles. The third-order valence-corrected chi connectivity index (χ3v) is 5.71. The molecule has 0 saturated carbocycles. The SMILES string of the molecule is N#Cc1ccc(Cn2cnc3sc4c(c3c2=O)C(C(=O)O)CC4)cc1. The van der Waals surface area contributed by atoms with Gasteiger partial charge in [-0.1, -0.05) is 12.1 Å². The maximum Gasteiger partial charge on any atom is 0.311 e. The molecule has 0 radical (unpaired) electrons. The molecule has 6 nitrogen and oxygen atoms in total. The molecule has 1 aliphatic carbocycles. The van der Waals surface area contributed by atoms with Gasteiger partial charge in [-0.2, -0.15) is 5.26 Å². The molecule has 124 valence electrons. The minimum atomic E-state index is -0.889. The number of carboxylic acids is 1. The van der Waals surface area contributed by atoms with Gasteiger partial charge in [-0.05, 0) is 36.1 Å². The molecule has 3 aromatic rings. The summed E-state index contributed by atoms with van der Waals surface area (Å²) in [6.45, 7) is 0.329. The zero-order valence-electron chi connectivity index (χ0n) is 13.1. The van der Waals surface area contributed by atoms with Crippen LogP contribution in [-0.2, 0) is 17.8 Å². The van der Waals surface area contributed by atoms with Gasteiger partial charge in [-0.25, -0.2) is 4.98 Å². The predicted molar refractivity (Wildman–Crippen MR) is 92.8 cm³/mol. The number of nitriles is 1. The molecular weight excluding hydrogens is 338 g/mol. The molecule has 2 aromatic heterocycles. The number of carbonyl (C=O) groups is 1. The number of carboxylic acid groups (broad SMARTS) is 1. The van der Waals surface area contributed by atoms with Crippen molar-refractivity contribution >= 4 is 27.5 Å². The van der Waals surface area contributed by atoms with E-state index in [1.165, 1.54) is 22.2 Å². The molecule has 0 spiro atoms. The van der Waals surface area contributed by atoms with Crippen molar-refractivity contribution < 1.29 is 9.90 Å². The molecule has 1 unspecified atom stereocenters. The summed E-state index contributed by atoms with van der Waals surface area (Å²) in [7, 11) is 0. The Balaban J connectivity index is 1.80. The molecule has 0 fully saturated rings. The van der Waals surface area contributed by atoms with E-state index in [9.17, 15) is 14.7 Å². The topological polar surface area (TPSA) is 96.0 Å². The molecule has 0 saturated heterocycles. The lowest BCUT2D eigenvalue weighted by atomic mass is 10.0. The van der Waals surface area contributed by atoms with Crippen LogP contribution < -0.4 is 5.56 Å². The Hall–Kier alpha value is -2.98. The molecule has 2 heterocycles. The smallest absolute Gasteiger partial charge is 0.311 e. The first-order chi connectivity index (χ1) is 12.1. The molecule has 0 bridgehead atoms. The van der Waals surface area contributed by atoms with E-state index in [1.54, 1.807) is 24.3 Å². The number of fused-ring (bicyclic) bond motifs is 3. The quantitative estimate of drug-likeness (QED) is 0.782. The number of hydrogen-bond acceptors (Lipinski definition) is 5. The van der Waals surface area contributed by atoms with Gasteiger partial charge in [0.25, 0.3) is 5.56 Å². The van der Waals surface area contributed by atoms with Crippen molar-refractivity contribution in [2.24, 2.45) is 0 Å². The fourth-order valence-electron chi connectivity index (χ4n) is 3.31. The number of hydrogen-bond donors (Lipinski definition) is 1. The summed E-state index contributed by atoms with van der Waals surface area (Å²) >= 11 is 1.42. The van der Waals surface area contributed by atoms with Crippen LogP contribution in [0.1, 0.15) is 33.9 Å². The van der Waals surface area contributed by atoms with Crippen molar-refractivity contribution in [2.75, 3.05) is 0 Å². The average Bonchev–Trinajstić information content (AvgIpc) is 3.17. The highest BCUT2D eigenvalue weighted by Gasteiger charge is 2.34. The van der Waals surface area contributed by atoms with E-state index in [4.69, 9.17) is 5.26 Å². The highest BCUT2D eigenvalue weighted by atomic mass is 32.1. The van der Waals surface area contributed by atoms with E-state index in [0.717, 1.165) is 10.4 Å². The predicted octanol–water partition coefficient (Wildman–Crippen LogP) is 2.49. The monoisotopic (exact) mass is 351 g/mol. The van der Waals surface area contributed by atoms with Crippen molar-refractivity contribution in [1.82, 2.24) is 9.55 Å². The number of rotatable bonds is 3. The molecule has 0 aliphatic heterocycles. The maximum atomic E-state index is 12.9. The Morgan fingerprint density at radius 3 is 2.84 bits per heavy atom. The number of aliphatic carboxylic acids is 1. The lowest BCUT2D eigenvalue weighted by molar-refractivity contribution is -0.138. The van der Waals surface area contributed by atoms with Gasteiger partial charge in [-0.15, -0.1) is 11.3 Å². The Morgan fingerprint density at radius 1 is 1.40 bits per heavy atom. The largest absolute Gasteiger partial charge is 0.481 e. The van der Waals surface area contributed by atoms with E-state index in [-0.39, 0.29) is 5.56 Å². The number of benzene rings is 1. The summed E-state index contributed by atoms with van der Waals surface area (Å²) in [6, 6.07) is 9.06. The van der Waals surface area contributed by atoms with Crippen LogP contribution in [0.15, 0.2) is 35.4 Å². The second-order valence-corrected chi connectivity index (χ2v) is 7.12. The Morgan fingerprint density at radius 2 is 2.16 bits per heavy atom. The lowest BCUT2D eigenvalue weighted by Crippen LogP contribution is -2.22.